The number of rotatable bonds is 2. The Bertz CT molecular complexity index is 764. The van der Waals surface area contributed by atoms with Crippen molar-refractivity contribution in [1.29, 1.82) is 0 Å². The van der Waals surface area contributed by atoms with E-state index in [0.717, 1.165) is 25.8 Å². The topological polar surface area (TPSA) is 63.1 Å². The van der Waals surface area contributed by atoms with Crippen molar-refractivity contribution in [2.45, 2.75) is 31.5 Å². The molecule has 0 saturated carbocycles. The third-order valence-corrected chi connectivity index (χ3v) is 4.71. The largest absolute Gasteiger partial charge is 0.334 e. The Labute approximate surface area is 137 Å². The van der Waals surface area contributed by atoms with E-state index in [2.05, 4.69) is 20.5 Å². The van der Waals surface area contributed by atoms with Crippen LogP contribution in [0.3, 0.4) is 0 Å². The van der Waals surface area contributed by atoms with Crippen LogP contribution < -0.4 is 5.32 Å². The first-order valence-electron chi connectivity index (χ1n) is 7.57. The SMILES string of the molecule is O=C1N[C@@H](c2cn(-c3ccc(F)c(Cl)c3)nn2)N2CCCC[C@H]12. The summed E-state index contributed by atoms with van der Waals surface area (Å²) in [7, 11) is 0. The van der Waals surface area contributed by atoms with Gasteiger partial charge in [-0.1, -0.05) is 23.2 Å². The molecule has 6 nitrogen and oxygen atoms in total. The summed E-state index contributed by atoms with van der Waals surface area (Å²) in [5.41, 5.74) is 1.29. The molecule has 0 bridgehead atoms. The van der Waals surface area contributed by atoms with Crippen LogP contribution in [0.2, 0.25) is 5.02 Å². The van der Waals surface area contributed by atoms with Crippen LogP contribution in [0.15, 0.2) is 24.4 Å². The molecule has 23 heavy (non-hydrogen) atoms. The minimum atomic E-state index is -0.477. The number of hydrogen-bond donors (Lipinski definition) is 1. The van der Waals surface area contributed by atoms with E-state index < -0.39 is 5.82 Å². The number of hydrogen-bond acceptors (Lipinski definition) is 4. The molecule has 2 fully saturated rings. The Morgan fingerprint density at radius 1 is 1.35 bits per heavy atom. The van der Waals surface area contributed by atoms with Crippen molar-refractivity contribution < 1.29 is 9.18 Å². The van der Waals surface area contributed by atoms with E-state index >= 15 is 0 Å². The summed E-state index contributed by atoms with van der Waals surface area (Å²) in [6.07, 6.45) is 4.51. The van der Waals surface area contributed by atoms with Gasteiger partial charge in [-0.05, 0) is 31.0 Å². The number of aromatic nitrogens is 3. The molecule has 4 rings (SSSR count). The van der Waals surface area contributed by atoms with Crippen LogP contribution in [-0.2, 0) is 4.79 Å². The summed E-state index contributed by atoms with van der Waals surface area (Å²) in [6.45, 7) is 0.864. The van der Waals surface area contributed by atoms with Crippen molar-refractivity contribution in [2.75, 3.05) is 6.54 Å². The Balaban J connectivity index is 1.62. The number of nitrogens with one attached hydrogen (secondary N) is 1. The van der Waals surface area contributed by atoms with Crippen LogP contribution in [0.5, 0.6) is 0 Å². The number of carbonyl (C=O) groups excluding carboxylic acids is 1. The van der Waals surface area contributed by atoms with E-state index in [1.807, 2.05) is 0 Å². The van der Waals surface area contributed by atoms with Crippen LogP contribution in [0.25, 0.3) is 5.69 Å². The second kappa shape index (κ2) is 5.58. The predicted octanol–water partition coefficient (Wildman–Crippen LogP) is 2.04. The maximum Gasteiger partial charge on any atom is 0.238 e. The first-order valence-corrected chi connectivity index (χ1v) is 7.95. The van der Waals surface area contributed by atoms with Gasteiger partial charge >= 0.3 is 0 Å². The first-order chi connectivity index (χ1) is 11.1. The normalized spacial score (nSPS) is 24.5. The van der Waals surface area contributed by atoms with Crippen molar-refractivity contribution in [2.24, 2.45) is 0 Å². The van der Waals surface area contributed by atoms with Crippen molar-refractivity contribution in [3.05, 3.63) is 40.9 Å². The van der Waals surface area contributed by atoms with Crippen molar-refractivity contribution in [3.63, 3.8) is 0 Å². The summed E-state index contributed by atoms with van der Waals surface area (Å²) in [5.74, 6) is -0.427. The molecule has 2 aliphatic rings. The number of halogens is 2. The monoisotopic (exact) mass is 335 g/mol. The minimum Gasteiger partial charge on any atom is -0.334 e. The summed E-state index contributed by atoms with van der Waals surface area (Å²) in [6, 6.07) is 4.29. The average molecular weight is 336 g/mol. The Hall–Kier alpha value is -1.99. The molecule has 1 aromatic heterocycles. The summed E-state index contributed by atoms with van der Waals surface area (Å²) < 4.78 is 14.8. The molecule has 2 saturated heterocycles. The molecule has 1 amide bonds. The second-order valence-corrected chi connectivity index (χ2v) is 6.25. The lowest BCUT2D eigenvalue weighted by Crippen LogP contribution is -2.38. The van der Waals surface area contributed by atoms with E-state index in [1.165, 1.54) is 16.8 Å². The number of piperidine rings is 1. The maximum absolute atomic E-state index is 13.3. The fourth-order valence-electron chi connectivity index (χ4n) is 3.26. The molecule has 1 N–H and O–H groups in total. The minimum absolute atomic E-state index is 0.0322. The Morgan fingerprint density at radius 2 is 2.22 bits per heavy atom. The Kier molecular flexibility index (Phi) is 3.54. The molecule has 1 aromatic carbocycles. The highest BCUT2D eigenvalue weighted by atomic mass is 35.5. The van der Waals surface area contributed by atoms with Crippen LogP contribution in [0.1, 0.15) is 31.1 Å². The van der Waals surface area contributed by atoms with Gasteiger partial charge in [-0.15, -0.1) is 5.10 Å². The molecule has 8 heteroatoms. The number of amides is 1. The molecule has 0 aliphatic carbocycles. The lowest BCUT2D eigenvalue weighted by Gasteiger charge is -2.30. The van der Waals surface area contributed by atoms with E-state index in [4.69, 9.17) is 11.6 Å². The molecule has 2 aliphatic heterocycles. The zero-order valence-electron chi connectivity index (χ0n) is 12.2. The van der Waals surface area contributed by atoms with E-state index in [9.17, 15) is 9.18 Å². The molecule has 0 radical (unpaired) electrons. The molecular weight excluding hydrogens is 321 g/mol. The zero-order valence-corrected chi connectivity index (χ0v) is 13.0. The second-order valence-electron chi connectivity index (χ2n) is 5.85. The maximum atomic E-state index is 13.3. The molecule has 120 valence electrons. The smallest absolute Gasteiger partial charge is 0.238 e. The van der Waals surface area contributed by atoms with Crippen LogP contribution in [0, 0.1) is 5.82 Å². The highest BCUT2D eigenvalue weighted by molar-refractivity contribution is 6.30. The first kappa shape index (κ1) is 14.6. The summed E-state index contributed by atoms with van der Waals surface area (Å²) >= 11 is 5.81. The van der Waals surface area contributed by atoms with Gasteiger partial charge < -0.3 is 5.32 Å². The molecule has 2 atom stereocenters. The molecule has 0 spiro atoms. The van der Waals surface area contributed by atoms with Crippen LogP contribution in [0.4, 0.5) is 4.39 Å². The van der Waals surface area contributed by atoms with E-state index in [0.29, 0.717) is 11.4 Å². The molecule has 3 heterocycles. The Morgan fingerprint density at radius 3 is 3.04 bits per heavy atom. The highest BCUT2D eigenvalue weighted by Gasteiger charge is 2.42. The van der Waals surface area contributed by atoms with E-state index in [-0.39, 0.29) is 23.1 Å². The third-order valence-electron chi connectivity index (χ3n) is 4.42. The van der Waals surface area contributed by atoms with Gasteiger partial charge in [0.25, 0.3) is 0 Å². The van der Waals surface area contributed by atoms with Gasteiger partial charge in [0.2, 0.25) is 5.91 Å². The number of benzene rings is 1. The van der Waals surface area contributed by atoms with Crippen molar-refractivity contribution in [1.82, 2.24) is 25.2 Å². The number of fused-ring (bicyclic) bond motifs is 1. The highest BCUT2D eigenvalue weighted by Crippen LogP contribution is 2.31. The van der Waals surface area contributed by atoms with Gasteiger partial charge in [0.15, 0.2) is 0 Å². The fourth-order valence-corrected chi connectivity index (χ4v) is 3.43. The predicted molar refractivity (Wildman–Crippen MR) is 81.6 cm³/mol. The van der Waals surface area contributed by atoms with E-state index in [1.54, 1.807) is 12.3 Å². The molecular formula is C15H15ClFN5O. The number of carbonyl (C=O) groups is 1. The van der Waals surface area contributed by atoms with Gasteiger partial charge in [-0.2, -0.15) is 0 Å². The third kappa shape index (κ3) is 2.49. The molecule has 0 unspecified atom stereocenters. The summed E-state index contributed by atoms with van der Waals surface area (Å²) in [4.78, 5) is 14.2. The lowest BCUT2D eigenvalue weighted by atomic mass is 10.0. The van der Waals surface area contributed by atoms with Crippen LogP contribution in [-0.4, -0.2) is 38.4 Å². The zero-order chi connectivity index (χ0) is 16.0. The van der Waals surface area contributed by atoms with Crippen molar-refractivity contribution in [3.8, 4) is 5.69 Å². The van der Waals surface area contributed by atoms with Gasteiger partial charge in [0.1, 0.15) is 17.7 Å². The average Bonchev–Trinajstić information content (AvgIpc) is 3.16. The summed E-state index contributed by atoms with van der Waals surface area (Å²) in [5, 5.41) is 11.3. The molecule has 2 aromatic rings. The van der Waals surface area contributed by atoms with Crippen LogP contribution >= 0.6 is 11.6 Å². The van der Waals surface area contributed by atoms with Gasteiger partial charge in [-0.25, -0.2) is 9.07 Å². The van der Waals surface area contributed by atoms with Gasteiger partial charge in [0, 0.05) is 6.54 Å². The fraction of sp³-hybridized carbons (Fsp3) is 0.400. The van der Waals surface area contributed by atoms with Gasteiger partial charge in [0.05, 0.1) is 22.9 Å². The number of nitrogens with zero attached hydrogens (tertiary/aromatic N) is 4. The van der Waals surface area contributed by atoms with Crippen molar-refractivity contribution >= 4 is 17.5 Å². The quantitative estimate of drug-likeness (QED) is 0.912. The standard InChI is InChI=1S/C15H15ClFN5O/c16-10-7-9(4-5-11(10)17)22-8-12(19-20-22)14-18-15(23)13-3-1-2-6-21(13)14/h4-5,7-8,13-14H,1-3,6H2,(H,18,23)/t13-,14-/m1/s1. The van der Waals surface area contributed by atoms with Gasteiger partial charge in [-0.3, -0.25) is 9.69 Å². The lowest BCUT2D eigenvalue weighted by molar-refractivity contribution is -0.122.